The maximum Gasteiger partial charge on any atom is 0.410 e. The molecule has 0 spiro atoms. The fourth-order valence-electron chi connectivity index (χ4n) is 2.18. The van der Waals surface area contributed by atoms with Crippen LogP contribution in [0.4, 0.5) is 4.79 Å². The van der Waals surface area contributed by atoms with E-state index in [0.29, 0.717) is 31.3 Å². The number of rotatable bonds is 4. The Morgan fingerprint density at radius 2 is 2.32 bits per heavy atom. The number of ether oxygens (including phenoxy) is 1. The SMILES string of the molecule is C=CCONC1CN(C(=O)OC(C)(C)C)Cc2oc(C)nc21. The van der Waals surface area contributed by atoms with Gasteiger partial charge in [0.2, 0.25) is 0 Å². The zero-order chi connectivity index (χ0) is 16.3. The number of carbonyl (C=O) groups excluding carboxylic acids is 1. The lowest BCUT2D eigenvalue weighted by atomic mass is 10.1. The minimum absolute atomic E-state index is 0.270. The Morgan fingerprint density at radius 1 is 1.59 bits per heavy atom. The van der Waals surface area contributed by atoms with Gasteiger partial charge in [0.15, 0.2) is 5.89 Å². The lowest BCUT2D eigenvalue weighted by Crippen LogP contribution is -2.44. The fraction of sp³-hybridized carbons (Fsp3) is 0.600. The van der Waals surface area contributed by atoms with Crippen molar-refractivity contribution in [1.29, 1.82) is 0 Å². The molecule has 1 atom stereocenters. The van der Waals surface area contributed by atoms with Crippen LogP contribution in [0.5, 0.6) is 0 Å². The van der Waals surface area contributed by atoms with Crippen LogP contribution in [0.3, 0.4) is 0 Å². The maximum absolute atomic E-state index is 12.3. The summed E-state index contributed by atoms with van der Waals surface area (Å²) < 4.78 is 11.0. The number of aromatic nitrogens is 1. The van der Waals surface area contributed by atoms with E-state index in [0.717, 1.165) is 5.69 Å². The predicted octanol–water partition coefficient (Wildman–Crippen LogP) is 2.48. The minimum atomic E-state index is -0.545. The number of hydroxylamine groups is 1. The van der Waals surface area contributed by atoms with Crippen LogP contribution in [0.25, 0.3) is 0 Å². The highest BCUT2D eigenvalue weighted by Crippen LogP contribution is 2.28. The highest BCUT2D eigenvalue weighted by Gasteiger charge is 2.34. The first kappa shape index (κ1) is 16.5. The van der Waals surface area contributed by atoms with Gasteiger partial charge in [0.1, 0.15) is 17.1 Å². The number of hydrogen-bond acceptors (Lipinski definition) is 6. The average Bonchev–Trinajstić information content (AvgIpc) is 2.77. The van der Waals surface area contributed by atoms with Crippen LogP contribution in [-0.4, -0.2) is 34.7 Å². The summed E-state index contributed by atoms with van der Waals surface area (Å²) in [7, 11) is 0. The number of nitrogens with one attached hydrogen (secondary N) is 1. The van der Waals surface area contributed by atoms with Crippen molar-refractivity contribution in [1.82, 2.24) is 15.4 Å². The third-order valence-electron chi connectivity index (χ3n) is 2.98. The summed E-state index contributed by atoms with van der Waals surface area (Å²) in [5.41, 5.74) is 3.12. The molecule has 0 saturated carbocycles. The summed E-state index contributed by atoms with van der Waals surface area (Å²) in [5, 5.41) is 0. The molecule has 1 aromatic heterocycles. The minimum Gasteiger partial charge on any atom is -0.444 e. The molecule has 0 radical (unpaired) electrons. The summed E-state index contributed by atoms with van der Waals surface area (Å²) in [6.45, 7) is 12.0. The van der Waals surface area contributed by atoms with Crippen molar-refractivity contribution in [3.8, 4) is 0 Å². The Hall–Kier alpha value is -1.86. The zero-order valence-electron chi connectivity index (χ0n) is 13.5. The second-order valence-electron chi connectivity index (χ2n) is 6.17. The van der Waals surface area contributed by atoms with Crippen LogP contribution in [-0.2, 0) is 16.1 Å². The molecule has 2 rings (SSSR count). The number of oxazole rings is 1. The van der Waals surface area contributed by atoms with Gasteiger partial charge in [-0.3, -0.25) is 9.74 Å². The molecule has 1 amide bonds. The Balaban J connectivity index is 2.13. The maximum atomic E-state index is 12.3. The summed E-state index contributed by atoms with van der Waals surface area (Å²) in [6.07, 6.45) is 1.25. The molecule has 22 heavy (non-hydrogen) atoms. The van der Waals surface area contributed by atoms with Crippen molar-refractivity contribution in [2.75, 3.05) is 13.2 Å². The number of nitrogens with zero attached hydrogens (tertiary/aromatic N) is 2. The molecule has 7 heteroatoms. The summed E-state index contributed by atoms with van der Waals surface area (Å²) >= 11 is 0. The summed E-state index contributed by atoms with van der Waals surface area (Å²) in [4.78, 5) is 23.5. The van der Waals surface area contributed by atoms with Gasteiger partial charge in [-0.15, -0.1) is 6.58 Å². The molecule has 1 aliphatic heterocycles. The van der Waals surface area contributed by atoms with E-state index >= 15 is 0 Å². The molecule has 122 valence electrons. The van der Waals surface area contributed by atoms with Gasteiger partial charge in [-0.05, 0) is 20.8 Å². The Kier molecular flexibility index (Phi) is 4.87. The number of carbonyl (C=O) groups is 1. The highest BCUT2D eigenvalue weighted by atomic mass is 16.6. The molecule has 1 unspecified atom stereocenters. The third-order valence-corrected chi connectivity index (χ3v) is 2.98. The van der Waals surface area contributed by atoms with Gasteiger partial charge in [-0.25, -0.2) is 9.78 Å². The van der Waals surface area contributed by atoms with Gasteiger partial charge in [0.05, 0.1) is 19.2 Å². The number of fused-ring (bicyclic) bond motifs is 1. The van der Waals surface area contributed by atoms with Crippen LogP contribution in [0.15, 0.2) is 17.1 Å². The normalized spacial score (nSPS) is 18.0. The number of amides is 1. The zero-order valence-corrected chi connectivity index (χ0v) is 13.5. The first-order valence-corrected chi connectivity index (χ1v) is 7.22. The molecule has 0 fully saturated rings. The van der Waals surface area contributed by atoms with Gasteiger partial charge >= 0.3 is 6.09 Å². The van der Waals surface area contributed by atoms with E-state index in [-0.39, 0.29) is 12.1 Å². The van der Waals surface area contributed by atoms with E-state index in [9.17, 15) is 4.79 Å². The van der Waals surface area contributed by atoms with E-state index in [2.05, 4.69) is 17.0 Å². The smallest absolute Gasteiger partial charge is 0.410 e. The topological polar surface area (TPSA) is 76.8 Å². The van der Waals surface area contributed by atoms with E-state index in [1.807, 2.05) is 20.8 Å². The van der Waals surface area contributed by atoms with Gasteiger partial charge in [0, 0.05) is 13.5 Å². The van der Waals surface area contributed by atoms with Crippen LogP contribution in [0.2, 0.25) is 0 Å². The lowest BCUT2D eigenvalue weighted by Gasteiger charge is -2.32. The Morgan fingerprint density at radius 3 is 2.95 bits per heavy atom. The van der Waals surface area contributed by atoms with Crippen LogP contribution < -0.4 is 5.48 Å². The van der Waals surface area contributed by atoms with Crippen molar-refractivity contribution in [3.05, 3.63) is 30.0 Å². The second kappa shape index (κ2) is 6.50. The van der Waals surface area contributed by atoms with Gasteiger partial charge in [-0.2, -0.15) is 5.48 Å². The largest absolute Gasteiger partial charge is 0.444 e. The Labute approximate surface area is 130 Å². The Bertz CT molecular complexity index is 547. The van der Waals surface area contributed by atoms with E-state index in [4.69, 9.17) is 14.0 Å². The first-order chi connectivity index (χ1) is 10.3. The molecule has 1 N–H and O–H groups in total. The first-order valence-electron chi connectivity index (χ1n) is 7.22. The van der Waals surface area contributed by atoms with Crippen molar-refractivity contribution >= 4 is 6.09 Å². The summed E-state index contributed by atoms with van der Waals surface area (Å²) in [5.74, 6) is 1.21. The van der Waals surface area contributed by atoms with Crippen molar-refractivity contribution in [2.45, 2.75) is 45.9 Å². The second-order valence-corrected chi connectivity index (χ2v) is 6.17. The lowest BCUT2D eigenvalue weighted by molar-refractivity contribution is -0.00445. The highest BCUT2D eigenvalue weighted by molar-refractivity contribution is 5.68. The predicted molar refractivity (Wildman–Crippen MR) is 79.9 cm³/mol. The van der Waals surface area contributed by atoms with E-state index in [1.54, 1.807) is 17.9 Å². The molecular weight excluding hydrogens is 286 g/mol. The van der Waals surface area contributed by atoms with Crippen molar-refractivity contribution in [3.63, 3.8) is 0 Å². The summed E-state index contributed by atoms with van der Waals surface area (Å²) in [6, 6.07) is -0.270. The van der Waals surface area contributed by atoms with E-state index < -0.39 is 5.60 Å². The number of hydrogen-bond donors (Lipinski definition) is 1. The standard InChI is InChI=1S/C15H23N3O4/c1-6-7-20-17-11-8-18(14(19)22-15(3,4)5)9-12-13(11)16-10(2)21-12/h6,11,17H,1,7-9H2,2-5H3. The molecule has 0 aromatic carbocycles. The third kappa shape index (κ3) is 4.08. The van der Waals surface area contributed by atoms with Gasteiger partial charge in [0.25, 0.3) is 0 Å². The van der Waals surface area contributed by atoms with Crippen molar-refractivity contribution in [2.24, 2.45) is 0 Å². The molecule has 2 heterocycles. The molecule has 1 aliphatic rings. The van der Waals surface area contributed by atoms with E-state index in [1.165, 1.54) is 0 Å². The molecule has 7 nitrogen and oxygen atoms in total. The molecule has 0 saturated heterocycles. The monoisotopic (exact) mass is 309 g/mol. The molecule has 0 bridgehead atoms. The number of aryl methyl sites for hydroxylation is 1. The van der Waals surface area contributed by atoms with Gasteiger partial charge in [-0.1, -0.05) is 6.08 Å². The molecular formula is C15H23N3O4. The van der Waals surface area contributed by atoms with Crippen LogP contribution >= 0.6 is 0 Å². The van der Waals surface area contributed by atoms with Crippen molar-refractivity contribution < 1.29 is 18.8 Å². The van der Waals surface area contributed by atoms with Crippen LogP contribution in [0.1, 0.15) is 44.2 Å². The average molecular weight is 309 g/mol. The van der Waals surface area contributed by atoms with Gasteiger partial charge < -0.3 is 9.15 Å². The fourth-order valence-corrected chi connectivity index (χ4v) is 2.18. The quantitative estimate of drug-likeness (QED) is 0.523. The van der Waals surface area contributed by atoms with Crippen LogP contribution in [0, 0.1) is 6.92 Å². The molecule has 0 aliphatic carbocycles. The molecule has 1 aromatic rings.